The highest BCUT2D eigenvalue weighted by molar-refractivity contribution is 5.83. The van der Waals surface area contributed by atoms with Gasteiger partial charge < -0.3 is 16.2 Å². The standard InChI is InChI=1S/C15H21N3O/c1-10(2)7-13(19)9-17-15-6-3-11-8-12(16)4-5-14(11)18-15/h3-6,8,10,13,19H,7,9,16H2,1-2H3,(H,17,18). The van der Waals surface area contributed by atoms with E-state index in [2.05, 4.69) is 24.1 Å². The molecule has 0 bridgehead atoms. The minimum absolute atomic E-state index is 0.344. The van der Waals surface area contributed by atoms with Gasteiger partial charge in [-0.25, -0.2) is 4.98 Å². The van der Waals surface area contributed by atoms with E-state index < -0.39 is 0 Å². The minimum Gasteiger partial charge on any atom is -0.399 e. The Kier molecular flexibility index (Phi) is 4.22. The van der Waals surface area contributed by atoms with Crippen molar-refractivity contribution in [3.8, 4) is 0 Å². The Labute approximate surface area is 113 Å². The van der Waals surface area contributed by atoms with Crippen LogP contribution >= 0.6 is 0 Å². The zero-order chi connectivity index (χ0) is 13.8. The number of pyridine rings is 1. The molecule has 1 aromatic heterocycles. The summed E-state index contributed by atoms with van der Waals surface area (Å²) in [6, 6.07) is 9.53. The molecular formula is C15H21N3O. The molecule has 0 aliphatic carbocycles. The molecule has 0 aliphatic heterocycles. The molecule has 4 heteroatoms. The number of nitrogens with two attached hydrogens (primary N) is 1. The maximum atomic E-state index is 9.82. The summed E-state index contributed by atoms with van der Waals surface area (Å²) < 4.78 is 0. The maximum Gasteiger partial charge on any atom is 0.126 e. The van der Waals surface area contributed by atoms with E-state index in [9.17, 15) is 5.11 Å². The van der Waals surface area contributed by atoms with Gasteiger partial charge in [0.15, 0.2) is 0 Å². The lowest BCUT2D eigenvalue weighted by molar-refractivity contribution is 0.161. The summed E-state index contributed by atoms with van der Waals surface area (Å²) >= 11 is 0. The molecule has 1 atom stereocenters. The number of aromatic nitrogens is 1. The molecule has 0 fully saturated rings. The van der Waals surface area contributed by atoms with Crippen LogP contribution in [0.5, 0.6) is 0 Å². The maximum absolute atomic E-state index is 9.82. The van der Waals surface area contributed by atoms with Crippen LogP contribution < -0.4 is 11.1 Å². The lowest BCUT2D eigenvalue weighted by Crippen LogP contribution is -2.21. The third kappa shape index (κ3) is 3.83. The molecule has 1 unspecified atom stereocenters. The first-order valence-corrected chi connectivity index (χ1v) is 6.63. The Morgan fingerprint density at radius 2 is 2.05 bits per heavy atom. The van der Waals surface area contributed by atoms with Crippen molar-refractivity contribution in [2.24, 2.45) is 5.92 Å². The lowest BCUT2D eigenvalue weighted by atomic mass is 10.1. The van der Waals surface area contributed by atoms with Crippen molar-refractivity contribution in [2.45, 2.75) is 26.4 Å². The fraction of sp³-hybridized carbons (Fsp3) is 0.400. The van der Waals surface area contributed by atoms with Crippen molar-refractivity contribution in [3.63, 3.8) is 0 Å². The Morgan fingerprint density at radius 1 is 1.26 bits per heavy atom. The summed E-state index contributed by atoms with van der Waals surface area (Å²) in [7, 11) is 0. The Bertz CT molecular complexity index is 554. The molecule has 0 saturated heterocycles. The van der Waals surface area contributed by atoms with Crippen molar-refractivity contribution < 1.29 is 5.11 Å². The van der Waals surface area contributed by atoms with Crippen molar-refractivity contribution in [1.29, 1.82) is 0 Å². The number of anilines is 2. The van der Waals surface area contributed by atoms with Crippen LogP contribution in [0.3, 0.4) is 0 Å². The topological polar surface area (TPSA) is 71.2 Å². The highest BCUT2D eigenvalue weighted by Gasteiger charge is 2.07. The first kappa shape index (κ1) is 13.6. The summed E-state index contributed by atoms with van der Waals surface area (Å²) in [5, 5.41) is 14.0. The van der Waals surface area contributed by atoms with Gasteiger partial charge in [0.25, 0.3) is 0 Å². The van der Waals surface area contributed by atoms with E-state index in [0.717, 1.165) is 28.8 Å². The van der Waals surface area contributed by atoms with Gasteiger partial charge in [-0.05, 0) is 42.7 Å². The predicted molar refractivity (Wildman–Crippen MR) is 80.1 cm³/mol. The quantitative estimate of drug-likeness (QED) is 0.722. The van der Waals surface area contributed by atoms with E-state index in [1.165, 1.54) is 0 Å². The monoisotopic (exact) mass is 259 g/mol. The zero-order valence-corrected chi connectivity index (χ0v) is 11.4. The number of nitrogens with zero attached hydrogens (tertiary/aromatic N) is 1. The predicted octanol–water partition coefficient (Wildman–Crippen LogP) is 2.64. The van der Waals surface area contributed by atoms with Crippen LogP contribution in [-0.4, -0.2) is 22.7 Å². The highest BCUT2D eigenvalue weighted by atomic mass is 16.3. The summed E-state index contributed by atoms with van der Waals surface area (Å²) in [4.78, 5) is 4.49. The third-order valence-corrected chi connectivity index (χ3v) is 2.98. The normalized spacial score (nSPS) is 12.8. The average molecular weight is 259 g/mol. The van der Waals surface area contributed by atoms with Gasteiger partial charge in [-0.15, -0.1) is 0 Å². The molecule has 0 saturated carbocycles. The number of nitrogen functional groups attached to an aromatic ring is 1. The summed E-state index contributed by atoms with van der Waals surface area (Å²) in [6.07, 6.45) is 0.445. The summed E-state index contributed by atoms with van der Waals surface area (Å²) in [5.74, 6) is 1.27. The molecule has 102 valence electrons. The van der Waals surface area contributed by atoms with Crippen LogP contribution in [0.1, 0.15) is 20.3 Å². The number of aliphatic hydroxyl groups is 1. The fourth-order valence-corrected chi connectivity index (χ4v) is 2.09. The lowest BCUT2D eigenvalue weighted by Gasteiger charge is -2.14. The van der Waals surface area contributed by atoms with Gasteiger partial charge >= 0.3 is 0 Å². The molecule has 1 aromatic carbocycles. The highest BCUT2D eigenvalue weighted by Crippen LogP contribution is 2.18. The first-order chi connectivity index (χ1) is 9.04. The van der Waals surface area contributed by atoms with Gasteiger partial charge in [0.05, 0.1) is 11.6 Å². The number of hydrogen-bond acceptors (Lipinski definition) is 4. The van der Waals surface area contributed by atoms with Gasteiger partial charge in [-0.1, -0.05) is 13.8 Å². The van der Waals surface area contributed by atoms with Crippen LogP contribution in [0.2, 0.25) is 0 Å². The van der Waals surface area contributed by atoms with Gasteiger partial charge in [0.2, 0.25) is 0 Å². The Balaban J connectivity index is 2.03. The molecule has 0 radical (unpaired) electrons. The molecule has 4 nitrogen and oxygen atoms in total. The second-order valence-corrected chi connectivity index (χ2v) is 5.31. The smallest absolute Gasteiger partial charge is 0.126 e. The summed E-state index contributed by atoms with van der Waals surface area (Å²) in [5.41, 5.74) is 7.37. The zero-order valence-electron chi connectivity index (χ0n) is 11.4. The van der Waals surface area contributed by atoms with E-state index in [1.54, 1.807) is 0 Å². The molecule has 0 spiro atoms. The van der Waals surface area contributed by atoms with Gasteiger partial charge in [0, 0.05) is 17.6 Å². The van der Waals surface area contributed by atoms with Crippen LogP contribution in [0.4, 0.5) is 11.5 Å². The van der Waals surface area contributed by atoms with Crippen LogP contribution in [0.15, 0.2) is 30.3 Å². The number of aliphatic hydroxyl groups excluding tert-OH is 1. The van der Waals surface area contributed by atoms with Crippen molar-refractivity contribution in [3.05, 3.63) is 30.3 Å². The van der Waals surface area contributed by atoms with E-state index in [0.29, 0.717) is 12.5 Å². The van der Waals surface area contributed by atoms with Crippen molar-refractivity contribution in [1.82, 2.24) is 4.98 Å². The number of hydrogen-bond donors (Lipinski definition) is 3. The number of rotatable bonds is 5. The van der Waals surface area contributed by atoms with E-state index in [4.69, 9.17) is 5.73 Å². The molecule has 2 rings (SSSR count). The van der Waals surface area contributed by atoms with Crippen molar-refractivity contribution >= 4 is 22.4 Å². The number of benzene rings is 1. The van der Waals surface area contributed by atoms with Crippen molar-refractivity contribution in [2.75, 3.05) is 17.6 Å². The molecule has 1 heterocycles. The van der Waals surface area contributed by atoms with Crippen LogP contribution in [0.25, 0.3) is 10.9 Å². The second kappa shape index (κ2) is 5.89. The average Bonchev–Trinajstić information content (AvgIpc) is 2.35. The number of fused-ring (bicyclic) bond motifs is 1. The van der Waals surface area contributed by atoms with Gasteiger partial charge in [-0.3, -0.25) is 0 Å². The summed E-state index contributed by atoms with van der Waals surface area (Å²) in [6.45, 7) is 4.72. The second-order valence-electron chi connectivity index (χ2n) is 5.31. The molecule has 19 heavy (non-hydrogen) atoms. The molecule has 2 aromatic rings. The minimum atomic E-state index is -0.344. The van der Waals surface area contributed by atoms with E-state index in [1.807, 2.05) is 30.3 Å². The van der Waals surface area contributed by atoms with Crippen LogP contribution in [0, 0.1) is 5.92 Å². The van der Waals surface area contributed by atoms with Crippen LogP contribution in [-0.2, 0) is 0 Å². The molecule has 0 amide bonds. The van der Waals surface area contributed by atoms with E-state index in [-0.39, 0.29) is 6.10 Å². The molecule has 4 N–H and O–H groups in total. The Morgan fingerprint density at radius 3 is 2.79 bits per heavy atom. The third-order valence-electron chi connectivity index (χ3n) is 2.98. The van der Waals surface area contributed by atoms with Gasteiger partial charge in [-0.2, -0.15) is 0 Å². The van der Waals surface area contributed by atoms with E-state index >= 15 is 0 Å². The Hall–Kier alpha value is -1.81. The fourth-order valence-electron chi connectivity index (χ4n) is 2.09. The number of nitrogens with one attached hydrogen (secondary N) is 1. The molecule has 0 aliphatic rings. The first-order valence-electron chi connectivity index (χ1n) is 6.63. The molecular weight excluding hydrogens is 238 g/mol. The van der Waals surface area contributed by atoms with Gasteiger partial charge in [0.1, 0.15) is 5.82 Å². The largest absolute Gasteiger partial charge is 0.399 e. The SMILES string of the molecule is CC(C)CC(O)CNc1ccc2cc(N)ccc2n1.